The maximum atomic E-state index is 12.7. The van der Waals surface area contributed by atoms with Gasteiger partial charge in [0.15, 0.2) is 5.60 Å². The minimum atomic E-state index is -0.659. The van der Waals surface area contributed by atoms with E-state index in [1.807, 2.05) is 36.4 Å². The van der Waals surface area contributed by atoms with Crippen molar-refractivity contribution in [3.8, 4) is 0 Å². The highest BCUT2D eigenvalue weighted by Gasteiger charge is 2.48. The van der Waals surface area contributed by atoms with E-state index in [2.05, 4.69) is 43.0 Å². The summed E-state index contributed by atoms with van der Waals surface area (Å²) in [4.78, 5) is 15.0. The molecular formula is C22H27NO2. The summed E-state index contributed by atoms with van der Waals surface area (Å²) in [5.41, 5.74) is 1.45. The fourth-order valence-electron chi connectivity index (χ4n) is 3.76. The van der Waals surface area contributed by atoms with Crippen molar-refractivity contribution in [3.05, 3.63) is 71.8 Å². The lowest BCUT2D eigenvalue weighted by atomic mass is 9.81. The molecule has 1 heterocycles. The molecule has 1 atom stereocenters. The second-order valence-electron chi connectivity index (χ2n) is 6.70. The highest BCUT2D eigenvalue weighted by molar-refractivity contribution is 5.76. The van der Waals surface area contributed by atoms with Gasteiger partial charge in [-0.25, -0.2) is 0 Å². The van der Waals surface area contributed by atoms with Crippen LogP contribution >= 0.6 is 0 Å². The number of hydrogen-bond donors (Lipinski definition) is 0. The van der Waals surface area contributed by atoms with Gasteiger partial charge in [0.25, 0.3) is 0 Å². The summed E-state index contributed by atoms with van der Waals surface area (Å²) >= 11 is 0. The first-order valence-corrected chi connectivity index (χ1v) is 9.26. The first-order valence-electron chi connectivity index (χ1n) is 9.26. The van der Waals surface area contributed by atoms with Gasteiger partial charge < -0.3 is 9.64 Å². The van der Waals surface area contributed by atoms with Crippen molar-refractivity contribution >= 4 is 5.97 Å². The Hall–Kier alpha value is -2.13. The molecule has 1 unspecified atom stereocenters. The molecular weight excluding hydrogens is 310 g/mol. The van der Waals surface area contributed by atoms with Crippen molar-refractivity contribution in [2.45, 2.75) is 32.3 Å². The topological polar surface area (TPSA) is 29.5 Å². The van der Waals surface area contributed by atoms with Crippen molar-refractivity contribution < 1.29 is 9.53 Å². The molecule has 3 rings (SSSR count). The molecule has 1 aliphatic heterocycles. The number of nitrogens with zero attached hydrogens (tertiary/aromatic N) is 1. The van der Waals surface area contributed by atoms with Crippen LogP contribution in [0.1, 0.15) is 37.8 Å². The Bertz CT molecular complexity index is 640. The Kier molecular flexibility index (Phi) is 5.54. The highest BCUT2D eigenvalue weighted by atomic mass is 16.6. The van der Waals surface area contributed by atoms with E-state index in [1.54, 1.807) is 0 Å². The highest BCUT2D eigenvalue weighted by Crippen LogP contribution is 2.46. The van der Waals surface area contributed by atoms with Crippen LogP contribution in [-0.4, -0.2) is 30.5 Å². The Morgan fingerprint density at radius 1 is 0.960 bits per heavy atom. The number of esters is 1. The largest absolute Gasteiger partial charge is 0.449 e. The van der Waals surface area contributed by atoms with E-state index in [9.17, 15) is 4.79 Å². The number of hydrogen-bond acceptors (Lipinski definition) is 3. The SMILES string of the molecule is CCN(CC)CCC1CC(c2ccccc2)(c2ccccc2)OC1=O. The third-order valence-corrected chi connectivity index (χ3v) is 5.31. The summed E-state index contributed by atoms with van der Waals surface area (Å²) in [6.07, 6.45) is 1.56. The molecule has 0 bridgehead atoms. The Morgan fingerprint density at radius 3 is 1.96 bits per heavy atom. The van der Waals surface area contributed by atoms with Crippen molar-refractivity contribution in [2.24, 2.45) is 5.92 Å². The normalized spacial score (nSPS) is 19.2. The number of benzene rings is 2. The maximum Gasteiger partial charge on any atom is 0.310 e. The van der Waals surface area contributed by atoms with Crippen LogP contribution in [0.2, 0.25) is 0 Å². The number of ether oxygens (including phenoxy) is 1. The number of rotatable bonds is 7. The van der Waals surface area contributed by atoms with Gasteiger partial charge in [-0.05, 0) is 26.1 Å². The molecule has 0 saturated carbocycles. The zero-order valence-corrected chi connectivity index (χ0v) is 15.2. The fraction of sp³-hybridized carbons (Fsp3) is 0.409. The van der Waals surface area contributed by atoms with E-state index < -0.39 is 5.60 Å². The predicted octanol–water partition coefficient (Wildman–Crippen LogP) is 4.23. The molecule has 3 heteroatoms. The Balaban J connectivity index is 1.89. The average molecular weight is 337 g/mol. The second kappa shape index (κ2) is 7.83. The minimum absolute atomic E-state index is 0.0546. The Labute approximate surface area is 150 Å². The van der Waals surface area contributed by atoms with Gasteiger partial charge in [0.1, 0.15) is 0 Å². The number of cyclic esters (lactones) is 1. The van der Waals surface area contributed by atoms with Crippen LogP contribution in [0.3, 0.4) is 0 Å². The van der Waals surface area contributed by atoms with Gasteiger partial charge in [0.2, 0.25) is 0 Å². The summed E-state index contributed by atoms with van der Waals surface area (Å²) in [6, 6.07) is 20.3. The van der Waals surface area contributed by atoms with Crippen LogP contribution in [0.4, 0.5) is 0 Å². The summed E-state index contributed by atoms with van der Waals surface area (Å²) in [7, 11) is 0. The molecule has 3 nitrogen and oxygen atoms in total. The van der Waals surface area contributed by atoms with Crippen molar-refractivity contribution in [1.29, 1.82) is 0 Å². The lowest BCUT2D eigenvalue weighted by Gasteiger charge is -2.29. The molecule has 1 fully saturated rings. The van der Waals surface area contributed by atoms with E-state index >= 15 is 0 Å². The number of carbonyl (C=O) groups is 1. The third-order valence-electron chi connectivity index (χ3n) is 5.31. The van der Waals surface area contributed by atoms with Crippen molar-refractivity contribution in [2.75, 3.05) is 19.6 Å². The van der Waals surface area contributed by atoms with Gasteiger partial charge >= 0.3 is 5.97 Å². The molecule has 2 aromatic rings. The Morgan fingerprint density at radius 2 is 1.48 bits per heavy atom. The summed E-state index contributed by atoms with van der Waals surface area (Å²) in [6.45, 7) is 7.29. The van der Waals surface area contributed by atoms with Gasteiger partial charge in [0, 0.05) is 17.5 Å². The molecule has 1 aliphatic rings. The van der Waals surface area contributed by atoms with E-state index in [0.717, 1.165) is 37.2 Å². The first kappa shape index (κ1) is 17.7. The zero-order valence-electron chi connectivity index (χ0n) is 15.2. The minimum Gasteiger partial charge on any atom is -0.449 e. The van der Waals surface area contributed by atoms with Gasteiger partial charge in [0.05, 0.1) is 5.92 Å². The van der Waals surface area contributed by atoms with Crippen LogP contribution in [0.15, 0.2) is 60.7 Å². The summed E-state index contributed by atoms with van der Waals surface area (Å²) < 4.78 is 6.08. The molecule has 0 N–H and O–H groups in total. The van der Waals surface area contributed by atoms with E-state index in [1.165, 1.54) is 0 Å². The van der Waals surface area contributed by atoms with Crippen LogP contribution in [-0.2, 0) is 15.1 Å². The molecule has 2 aromatic carbocycles. The van der Waals surface area contributed by atoms with E-state index in [0.29, 0.717) is 6.42 Å². The van der Waals surface area contributed by atoms with Gasteiger partial charge in [-0.15, -0.1) is 0 Å². The van der Waals surface area contributed by atoms with E-state index in [-0.39, 0.29) is 11.9 Å². The summed E-state index contributed by atoms with van der Waals surface area (Å²) in [5, 5.41) is 0. The monoisotopic (exact) mass is 337 g/mol. The predicted molar refractivity (Wildman–Crippen MR) is 100 cm³/mol. The van der Waals surface area contributed by atoms with Crippen LogP contribution in [0, 0.1) is 5.92 Å². The average Bonchev–Trinajstić information content (AvgIpc) is 3.02. The number of carbonyl (C=O) groups excluding carboxylic acids is 1. The van der Waals surface area contributed by atoms with Gasteiger partial charge in [-0.2, -0.15) is 0 Å². The molecule has 1 saturated heterocycles. The maximum absolute atomic E-state index is 12.7. The molecule has 0 aliphatic carbocycles. The lowest BCUT2D eigenvalue weighted by Crippen LogP contribution is -2.27. The van der Waals surface area contributed by atoms with Crippen molar-refractivity contribution in [3.63, 3.8) is 0 Å². The van der Waals surface area contributed by atoms with Crippen molar-refractivity contribution in [1.82, 2.24) is 4.90 Å². The second-order valence-corrected chi connectivity index (χ2v) is 6.70. The van der Waals surface area contributed by atoms with Gasteiger partial charge in [-0.3, -0.25) is 4.79 Å². The fourth-order valence-corrected chi connectivity index (χ4v) is 3.76. The molecule has 0 amide bonds. The zero-order chi connectivity index (χ0) is 17.7. The van der Waals surface area contributed by atoms with E-state index in [4.69, 9.17) is 4.74 Å². The van der Waals surface area contributed by atoms with Crippen LogP contribution in [0.25, 0.3) is 0 Å². The standard InChI is InChI=1S/C22H27NO2/c1-3-23(4-2)16-15-18-17-22(25-21(18)24,19-11-7-5-8-12-19)20-13-9-6-10-14-20/h5-14,18H,3-4,15-17H2,1-2H3. The summed E-state index contributed by atoms with van der Waals surface area (Å²) in [5.74, 6) is -0.124. The quantitative estimate of drug-likeness (QED) is 0.708. The molecule has 0 radical (unpaired) electrons. The molecule has 25 heavy (non-hydrogen) atoms. The lowest BCUT2D eigenvalue weighted by molar-refractivity contribution is -0.149. The third kappa shape index (κ3) is 3.62. The van der Waals surface area contributed by atoms with Gasteiger partial charge in [-0.1, -0.05) is 74.5 Å². The first-order chi connectivity index (χ1) is 12.2. The molecule has 0 spiro atoms. The molecule has 0 aromatic heterocycles. The van der Waals surface area contributed by atoms with Crippen LogP contribution < -0.4 is 0 Å². The smallest absolute Gasteiger partial charge is 0.310 e. The molecule has 132 valence electrons. The van der Waals surface area contributed by atoms with Crippen LogP contribution in [0.5, 0.6) is 0 Å².